The van der Waals surface area contributed by atoms with Crippen LogP contribution in [0.2, 0.25) is 0 Å². The molecule has 2 aromatic carbocycles. The van der Waals surface area contributed by atoms with E-state index >= 15 is 0 Å². The molecule has 36 heavy (non-hydrogen) atoms. The molecule has 4 nitrogen and oxygen atoms in total. The molecule has 5 heteroatoms. The van der Waals surface area contributed by atoms with E-state index in [1.165, 1.54) is 42.0 Å². The topological polar surface area (TPSA) is 38.8 Å². The summed E-state index contributed by atoms with van der Waals surface area (Å²) >= 11 is 0. The first kappa shape index (κ1) is 22.9. The Labute approximate surface area is 213 Å². The van der Waals surface area contributed by atoms with Crippen molar-refractivity contribution in [2.24, 2.45) is 11.8 Å². The van der Waals surface area contributed by atoms with Gasteiger partial charge >= 0.3 is 5.97 Å². The average Bonchev–Trinajstić information content (AvgIpc) is 3.78. The van der Waals surface area contributed by atoms with E-state index in [0.29, 0.717) is 12.5 Å². The summed E-state index contributed by atoms with van der Waals surface area (Å²) in [4.78, 5) is 13.6. The van der Waals surface area contributed by atoms with Gasteiger partial charge in [-0.2, -0.15) is 0 Å². The third-order valence-electron chi connectivity index (χ3n) is 10.1. The van der Waals surface area contributed by atoms with Gasteiger partial charge in [0.15, 0.2) is 0 Å². The number of carbonyl (C=O) groups excluding carboxylic acids is 1. The molecule has 2 saturated carbocycles. The maximum Gasteiger partial charge on any atom is 0.302 e. The predicted octanol–water partition coefficient (Wildman–Crippen LogP) is 5.15. The van der Waals surface area contributed by atoms with E-state index in [2.05, 4.69) is 29.2 Å². The molecule has 0 aromatic heterocycles. The van der Waals surface area contributed by atoms with E-state index in [-0.39, 0.29) is 34.8 Å². The molecule has 0 bridgehead atoms. The number of hydrogen-bond acceptors (Lipinski definition) is 4. The molecule has 7 rings (SSSR count). The Hall–Kier alpha value is -2.24. The maximum absolute atomic E-state index is 14.5. The van der Waals surface area contributed by atoms with Crippen LogP contribution in [0.3, 0.4) is 0 Å². The molecule has 2 aromatic rings. The number of nitrogens with zero attached hydrogens (tertiary/aromatic N) is 1. The summed E-state index contributed by atoms with van der Waals surface area (Å²) in [5.41, 5.74) is 5.49. The summed E-state index contributed by atoms with van der Waals surface area (Å²) in [5.74, 6) is 0.935. The lowest BCUT2D eigenvalue weighted by Crippen LogP contribution is -2.47. The fourth-order valence-corrected chi connectivity index (χ4v) is 8.40. The van der Waals surface area contributed by atoms with Gasteiger partial charge in [-0.25, -0.2) is 4.39 Å². The zero-order valence-electron chi connectivity index (χ0n) is 21.2. The number of hydrogen-bond donors (Lipinski definition) is 0. The number of esters is 1. The second-order valence-electron chi connectivity index (χ2n) is 12.0. The van der Waals surface area contributed by atoms with E-state index in [4.69, 9.17) is 9.47 Å². The normalized spacial score (nSPS) is 34.3. The number of ether oxygens (including phenoxy) is 2. The molecule has 0 amide bonds. The van der Waals surface area contributed by atoms with E-state index < -0.39 is 0 Å². The summed E-state index contributed by atoms with van der Waals surface area (Å²) in [7, 11) is 0. The zero-order chi connectivity index (χ0) is 24.5. The minimum absolute atomic E-state index is 0.0485. The molecule has 4 fully saturated rings. The molecule has 2 spiro atoms. The highest BCUT2D eigenvalue weighted by molar-refractivity contribution is 5.65. The largest absolute Gasteiger partial charge is 0.466 e. The van der Waals surface area contributed by atoms with Crippen molar-refractivity contribution in [2.45, 2.75) is 74.9 Å². The second-order valence-corrected chi connectivity index (χ2v) is 12.0. The lowest BCUT2D eigenvalue weighted by Gasteiger charge is -2.40. The summed E-state index contributed by atoms with van der Waals surface area (Å²) in [6, 6.07) is 14.5. The van der Waals surface area contributed by atoms with Crippen molar-refractivity contribution in [3.63, 3.8) is 0 Å². The summed E-state index contributed by atoms with van der Waals surface area (Å²) < 4.78 is 26.5. The number of halogens is 1. The van der Waals surface area contributed by atoms with Gasteiger partial charge in [-0.15, -0.1) is 0 Å². The summed E-state index contributed by atoms with van der Waals surface area (Å²) in [5, 5.41) is 0. The third kappa shape index (κ3) is 3.42. The molecule has 0 radical (unpaired) electrons. The Morgan fingerprint density at radius 2 is 1.89 bits per heavy atom. The Morgan fingerprint density at radius 1 is 1.08 bits per heavy atom. The molecule has 2 saturated heterocycles. The van der Waals surface area contributed by atoms with E-state index in [1.807, 2.05) is 12.1 Å². The molecule has 3 unspecified atom stereocenters. The predicted molar refractivity (Wildman–Crippen MR) is 135 cm³/mol. The van der Waals surface area contributed by atoms with Crippen LogP contribution in [0.5, 0.6) is 0 Å². The van der Waals surface area contributed by atoms with Crippen LogP contribution in [-0.4, -0.2) is 49.3 Å². The Bertz CT molecular complexity index is 1190. The van der Waals surface area contributed by atoms with Gasteiger partial charge in [-0.05, 0) is 104 Å². The molecule has 5 atom stereocenters. The van der Waals surface area contributed by atoms with Crippen molar-refractivity contribution in [3.05, 3.63) is 70.5 Å². The summed E-state index contributed by atoms with van der Waals surface area (Å²) in [6.07, 6.45) is 8.07. The molecule has 2 heterocycles. The first-order chi connectivity index (χ1) is 17.5. The fraction of sp³-hybridized carbons (Fsp3) is 0.581. The van der Waals surface area contributed by atoms with Crippen molar-refractivity contribution in [1.29, 1.82) is 0 Å². The molecule has 2 aliphatic heterocycles. The van der Waals surface area contributed by atoms with Gasteiger partial charge in [0.05, 0.1) is 18.8 Å². The average molecular weight is 490 g/mol. The van der Waals surface area contributed by atoms with Crippen molar-refractivity contribution in [3.8, 4) is 0 Å². The van der Waals surface area contributed by atoms with Crippen LogP contribution in [0.4, 0.5) is 4.39 Å². The number of benzene rings is 2. The van der Waals surface area contributed by atoms with Crippen LogP contribution in [-0.2, 0) is 31.5 Å². The SMILES string of the molecule is CC(=O)OCCCC1CCN(CC2OC3C[C@]34c3cc(F)ccc3Cc3ccccc3[C@@]43CC23)CC1. The Morgan fingerprint density at radius 3 is 2.72 bits per heavy atom. The quantitative estimate of drug-likeness (QED) is 0.416. The third-order valence-corrected chi connectivity index (χ3v) is 10.1. The van der Waals surface area contributed by atoms with E-state index in [1.54, 1.807) is 6.07 Å². The molecule has 5 aliphatic rings. The van der Waals surface area contributed by atoms with E-state index in [9.17, 15) is 9.18 Å². The Kier molecular flexibility index (Phi) is 5.34. The van der Waals surface area contributed by atoms with Gasteiger partial charge in [0.1, 0.15) is 5.82 Å². The van der Waals surface area contributed by atoms with E-state index in [0.717, 1.165) is 57.7 Å². The molecule has 190 valence electrons. The second kappa shape index (κ2) is 8.39. The first-order valence-corrected chi connectivity index (χ1v) is 13.9. The highest BCUT2D eigenvalue weighted by Crippen LogP contribution is 2.80. The van der Waals surface area contributed by atoms with Gasteiger partial charge < -0.3 is 14.4 Å². The highest BCUT2D eigenvalue weighted by Gasteiger charge is 2.83. The van der Waals surface area contributed by atoms with Crippen molar-refractivity contribution >= 4 is 5.97 Å². The number of carbonyl (C=O) groups is 1. The fourth-order valence-electron chi connectivity index (χ4n) is 8.40. The van der Waals surface area contributed by atoms with Crippen molar-refractivity contribution in [2.75, 3.05) is 26.2 Å². The smallest absolute Gasteiger partial charge is 0.302 e. The van der Waals surface area contributed by atoms with Gasteiger partial charge in [-0.1, -0.05) is 30.3 Å². The van der Waals surface area contributed by atoms with Gasteiger partial charge in [0.2, 0.25) is 0 Å². The van der Waals surface area contributed by atoms with Crippen LogP contribution in [0, 0.1) is 17.7 Å². The monoisotopic (exact) mass is 489 g/mol. The molecular formula is C31H36FNO3. The number of piperidine rings is 1. The number of fused-ring (bicyclic) bond motifs is 2. The zero-order valence-corrected chi connectivity index (χ0v) is 21.2. The van der Waals surface area contributed by atoms with Crippen LogP contribution in [0.1, 0.15) is 67.7 Å². The molecule has 0 N–H and O–H groups in total. The number of rotatable bonds is 6. The highest BCUT2D eigenvalue weighted by atomic mass is 19.1. The van der Waals surface area contributed by atoms with Gasteiger partial charge in [0.25, 0.3) is 0 Å². The van der Waals surface area contributed by atoms with Crippen molar-refractivity contribution < 1.29 is 18.7 Å². The lowest BCUT2D eigenvalue weighted by molar-refractivity contribution is -0.141. The van der Waals surface area contributed by atoms with Gasteiger partial charge in [-0.3, -0.25) is 4.79 Å². The number of likely N-dealkylation sites (tertiary alicyclic amines) is 1. The van der Waals surface area contributed by atoms with Crippen LogP contribution < -0.4 is 0 Å². The van der Waals surface area contributed by atoms with Crippen LogP contribution >= 0.6 is 0 Å². The Balaban J connectivity index is 1.08. The molecular weight excluding hydrogens is 453 g/mol. The van der Waals surface area contributed by atoms with Gasteiger partial charge in [0, 0.05) is 24.3 Å². The first-order valence-electron chi connectivity index (χ1n) is 13.9. The maximum atomic E-state index is 14.5. The van der Waals surface area contributed by atoms with Crippen molar-refractivity contribution in [1.82, 2.24) is 4.90 Å². The van der Waals surface area contributed by atoms with Crippen LogP contribution in [0.15, 0.2) is 42.5 Å². The minimum Gasteiger partial charge on any atom is -0.466 e. The minimum atomic E-state index is -0.181. The summed E-state index contributed by atoms with van der Waals surface area (Å²) in [6.45, 7) is 5.28. The standard InChI is InChI=1S/C31H36FNO3/c1-20(34)35-14-4-5-21-10-12-33(13-11-21)19-28-27-17-30(27)25-7-3-2-6-22(25)15-23-8-9-24(32)16-26(23)31(30)18-29(31)36-28/h2-3,6-9,16,21,27-29H,4-5,10-15,17-19H2,1H3/t27?,28?,29?,30-,31+/m1/s1. The van der Waals surface area contributed by atoms with Crippen LogP contribution in [0.25, 0.3) is 0 Å². The lowest BCUT2D eigenvalue weighted by atomic mass is 9.71. The molecule has 3 aliphatic carbocycles.